The van der Waals surface area contributed by atoms with Gasteiger partial charge in [0.25, 0.3) is 0 Å². The summed E-state index contributed by atoms with van der Waals surface area (Å²) >= 11 is 0. The topological polar surface area (TPSA) is 388 Å². The normalized spacial score (nSPS) is 31.5. The number of esters is 2. The van der Waals surface area contributed by atoms with E-state index in [1.807, 2.05) is 0 Å². The van der Waals surface area contributed by atoms with E-state index in [2.05, 4.69) is 0 Å². The van der Waals surface area contributed by atoms with Crippen molar-refractivity contribution in [2.45, 2.75) is 111 Å². The molecular formula is C45H62O26. The molecule has 2 aromatic rings. The van der Waals surface area contributed by atoms with Crippen molar-refractivity contribution < 1.29 is 128 Å². The molecule has 2 aromatic carbocycles. The molecule has 0 unspecified atom stereocenters. The highest BCUT2D eigenvalue weighted by molar-refractivity contribution is 5.74. The molecule has 71 heavy (non-hydrogen) atoms. The minimum atomic E-state index is -1.88. The second kappa shape index (κ2) is 26.6. The van der Waals surface area contributed by atoms with Gasteiger partial charge in [0.2, 0.25) is 24.1 Å². The van der Waals surface area contributed by atoms with Crippen molar-refractivity contribution in [3.63, 3.8) is 0 Å². The molecule has 0 saturated carbocycles. The highest BCUT2D eigenvalue weighted by atomic mass is 16.7. The van der Waals surface area contributed by atoms with Gasteiger partial charge in [0, 0.05) is 0 Å². The maximum Gasteiger partial charge on any atom is 0.308 e. The number of methoxy groups -OCH3 is 4. The Morgan fingerprint density at radius 1 is 0.493 bits per heavy atom. The van der Waals surface area contributed by atoms with Crippen LogP contribution in [-0.4, -0.2) is 233 Å². The molecular weight excluding hydrogens is 956 g/mol. The van der Waals surface area contributed by atoms with Gasteiger partial charge in [0.15, 0.2) is 29.3 Å². The Labute approximate surface area is 405 Å². The van der Waals surface area contributed by atoms with Crippen molar-refractivity contribution in [1.29, 1.82) is 0 Å². The van der Waals surface area contributed by atoms with Crippen LogP contribution in [0.25, 0.3) is 12.2 Å². The van der Waals surface area contributed by atoms with Crippen molar-refractivity contribution in [3.05, 3.63) is 47.5 Å². The molecule has 0 spiro atoms. The summed E-state index contributed by atoms with van der Waals surface area (Å²) in [5.74, 6) is -1.62. The first-order valence-electron chi connectivity index (χ1n) is 22.0. The molecule has 12 N–H and O–H groups in total. The maximum absolute atomic E-state index is 13.1. The van der Waals surface area contributed by atoms with Gasteiger partial charge in [0.05, 0.1) is 67.2 Å². The van der Waals surface area contributed by atoms with Gasteiger partial charge >= 0.3 is 11.9 Å². The summed E-state index contributed by atoms with van der Waals surface area (Å²) in [6.07, 6.45) is -21.0. The number of aliphatic hydroxyl groups is 12. The second-order valence-electron chi connectivity index (χ2n) is 16.2. The number of carbonyl (C=O) groups is 2. The van der Waals surface area contributed by atoms with Crippen LogP contribution in [0.4, 0.5) is 0 Å². The van der Waals surface area contributed by atoms with Crippen molar-refractivity contribution in [2.75, 3.05) is 61.5 Å². The van der Waals surface area contributed by atoms with Crippen molar-refractivity contribution in [2.24, 2.45) is 0 Å². The Balaban J connectivity index is 1.22. The van der Waals surface area contributed by atoms with Gasteiger partial charge in [-0.1, -0.05) is 12.2 Å². The van der Waals surface area contributed by atoms with E-state index < -0.39 is 143 Å². The Morgan fingerprint density at radius 3 is 1.11 bits per heavy atom. The highest BCUT2D eigenvalue weighted by Crippen LogP contribution is 2.42. The van der Waals surface area contributed by atoms with E-state index in [0.717, 1.165) is 0 Å². The molecule has 26 heteroatoms. The molecule has 15 atom stereocenters. The van der Waals surface area contributed by atoms with Gasteiger partial charge in [-0.2, -0.15) is 0 Å². The Bertz CT molecular complexity index is 1900. The Morgan fingerprint density at radius 2 is 0.803 bits per heavy atom. The summed E-state index contributed by atoms with van der Waals surface area (Å²) in [6, 6.07) is 5.95. The van der Waals surface area contributed by atoms with Crippen LogP contribution in [0.2, 0.25) is 0 Å². The average Bonchev–Trinajstić information content (AvgIpc) is 3.36. The third-order valence-electron chi connectivity index (χ3n) is 11.4. The predicted molar refractivity (Wildman–Crippen MR) is 236 cm³/mol. The number of hydrogen-bond acceptors (Lipinski definition) is 26. The Hall–Kier alpha value is -4.98. The quantitative estimate of drug-likeness (QED) is 0.0470. The Kier molecular flexibility index (Phi) is 21.4. The van der Waals surface area contributed by atoms with E-state index in [1.165, 1.54) is 77.0 Å². The first-order valence-corrected chi connectivity index (χ1v) is 22.0. The number of carbonyl (C=O) groups excluding carboxylic acids is 2. The molecule has 0 radical (unpaired) electrons. The molecule has 3 saturated heterocycles. The van der Waals surface area contributed by atoms with E-state index in [-0.39, 0.29) is 47.7 Å². The zero-order valence-electron chi connectivity index (χ0n) is 38.9. The van der Waals surface area contributed by atoms with Crippen LogP contribution in [0, 0.1) is 0 Å². The molecule has 398 valence electrons. The van der Waals surface area contributed by atoms with E-state index in [4.69, 9.17) is 56.8 Å². The van der Waals surface area contributed by atoms with Crippen molar-refractivity contribution in [3.8, 4) is 34.5 Å². The molecule has 0 amide bonds. The van der Waals surface area contributed by atoms with Crippen molar-refractivity contribution >= 4 is 24.1 Å². The molecule has 0 aromatic heterocycles. The molecule has 26 nitrogen and oxygen atoms in total. The summed E-state index contributed by atoms with van der Waals surface area (Å²) < 4.78 is 66.0. The van der Waals surface area contributed by atoms with Crippen LogP contribution in [-0.2, 0) is 38.0 Å². The first kappa shape index (κ1) is 56.9. The van der Waals surface area contributed by atoms with Gasteiger partial charge in [-0.15, -0.1) is 0 Å². The molecule has 0 bridgehead atoms. The first-order chi connectivity index (χ1) is 33.9. The lowest BCUT2D eigenvalue weighted by atomic mass is 9.99. The van der Waals surface area contributed by atoms with E-state index >= 15 is 0 Å². The third kappa shape index (κ3) is 14.2. The third-order valence-corrected chi connectivity index (χ3v) is 11.4. The van der Waals surface area contributed by atoms with Gasteiger partial charge in [-0.25, -0.2) is 0 Å². The fourth-order valence-electron chi connectivity index (χ4n) is 7.46. The summed E-state index contributed by atoms with van der Waals surface area (Å²) in [4.78, 5) is 26.3. The second-order valence-corrected chi connectivity index (χ2v) is 16.2. The zero-order valence-corrected chi connectivity index (χ0v) is 38.9. The molecule has 0 aliphatic carbocycles. The summed E-state index contributed by atoms with van der Waals surface area (Å²) in [6.45, 7) is -2.80. The van der Waals surface area contributed by atoms with Crippen molar-refractivity contribution in [1.82, 2.24) is 0 Å². The van der Waals surface area contributed by atoms with Gasteiger partial charge in [0.1, 0.15) is 86.5 Å². The van der Waals surface area contributed by atoms with Crippen LogP contribution in [0.1, 0.15) is 24.0 Å². The largest absolute Gasteiger partial charge is 0.493 e. The van der Waals surface area contributed by atoms with Gasteiger partial charge < -0.3 is 118 Å². The molecule has 3 heterocycles. The summed E-state index contributed by atoms with van der Waals surface area (Å²) in [5, 5.41) is 122. The standard InChI is InChI=1S/C45H62O26/c1-60-23-11-20(12-24(61-2)41(23)70-44-39(58)36(55)33(52)28(18-47)68-44)7-5-9-64-30(49)15-22(66-43-38(57)35(54)32(51)27(17-46)67-43)16-31(50)65-10-6-8-21-13-25(62-3)42(26(14-21)63-4)71-45-40(59)37(56)34(53)29(19-48)69-45/h5-8,11-14,22,27-29,32-40,43-48,51-59H,9-10,15-19H2,1-4H3/t22?,27-,28-,29-,32-,33-,34-,35+,36+,37+,38-,39-,40-,43-,44+,45+/m1/s1. The monoisotopic (exact) mass is 1020 g/mol. The minimum Gasteiger partial charge on any atom is -0.493 e. The van der Waals surface area contributed by atoms with E-state index in [0.29, 0.717) is 11.1 Å². The molecule has 3 aliphatic rings. The van der Waals surface area contributed by atoms with Gasteiger partial charge in [-0.3, -0.25) is 9.59 Å². The van der Waals surface area contributed by atoms with Gasteiger partial charge in [-0.05, 0) is 47.5 Å². The van der Waals surface area contributed by atoms with Crippen LogP contribution in [0.5, 0.6) is 34.5 Å². The van der Waals surface area contributed by atoms with Crippen LogP contribution < -0.4 is 28.4 Å². The summed E-state index contributed by atoms with van der Waals surface area (Å²) in [7, 11) is 5.25. The predicted octanol–water partition coefficient (Wildman–Crippen LogP) is -4.14. The SMILES string of the molecule is COc1cc(C=CCOC(=O)CC(CC(=O)OCC=Cc2cc(OC)c(O[C@@H]3O[C@H](CO)[C@@H](O)[C@H](O)[C@H]3O)c(OC)c2)O[C@@H]2O[C@H](CO)[C@@H](O)[C@H](O)[C@H]2O)cc(OC)c1O[C@@H]1O[C@H](CO)[C@@H](O)[C@H](O)[C@H]1O. The van der Waals surface area contributed by atoms with E-state index in [1.54, 1.807) is 0 Å². The lowest BCUT2D eigenvalue weighted by Crippen LogP contribution is -2.60. The maximum atomic E-state index is 13.1. The smallest absolute Gasteiger partial charge is 0.308 e. The lowest BCUT2D eigenvalue weighted by molar-refractivity contribution is -0.311. The number of hydrogen-bond donors (Lipinski definition) is 12. The zero-order chi connectivity index (χ0) is 52.1. The van der Waals surface area contributed by atoms with Crippen LogP contribution in [0.3, 0.4) is 0 Å². The lowest BCUT2D eigenvalue weighted by Gasteiger charge is -2.40. The fourth-order valence-corrected chi connectivity index (χ4v) is 7.46. The molecule has 3 fully saturated rings. The highest BCUT2D eigenvalue weighted by Gasteiger charge is 2.48. The number of benzene rings is 2. The van der Waals surface area contributed by atoms with Crippen LogP contribution >= 0.6 is 0 Å². The van der Waals surface area contributed by atoms with E-state index in [9.17, 15) is 70.9 Å². The molecule has 3 aliphatic heterocycles. The average molecular weight is 1020 g/mol. The number of rotatable bonds is 23. The van der Waals surface area contributed by atoms with Crippen LogP contribution in [0.15, 0.2) is 36.4 Å². The minimum absolute atomic E-state index is 0.0558. The molecule has 5 rings (SSSR count). The number of ether oxygens (including phenoxy) is 12. The fraction of sp³-hybridized carbons (Fsp3) is 0.600. The summed E-state index contributed by atoms with van der Waals surface area (Å²) in [5.41, 5.74) is 0.875. The number of aliphatic hydroxyl groups excluding tert-OH is 12.